The van der Waals surface area contributed by atoms with Crippen LogP contribution in [-0.2, 0) is 6.42 Å². The van der Waals surface area contributed by atoms with Crippen molar-refractivity contribution >= 4 is 15.9 Å². The van der Waals surface area contributed by atoms with Crippen LogP contribution in [0.15, 0.2) is 10.5 Å². The van der Waals surface area contributed by atoms with Crippen molar-refractivity contribution in [2.24, 2.45) is 0 Å². The van der Waals surface area contributed by atoms with Gasteiger partial charge in [0, 0.05) is 17.5 Å². The minimum Gasteiger partial charge on any atom is -0.490 e. The third-order valence-corrected chi connectivity index (χ3v) is 3.43. The molecule has 88 valence electrons. The smallest absolute Gasteiger partial charge is 0.164 e. The van der Waals surface area contributed by atoms with E-state index in [9.17, 15) is 0 Å². The average molecular weight is 287 g/mol. The highest BCUT2D eigenvalue weighted by atomic mass is 79.9. The Morgan fingerprint density at radius 3 is 2.88 bits per heavy atom. The minimum atomic E-state index is 0.138. The minimum absolute atomic E-state index is 0.138. The topological polar surface area (TPSA) is 38.7 Å². The Morgan fingerprint density at radius 2 is 2.12 bits per heavy atom. The predicted octanol–water partition coefficient (Wildman–Crippen LogP) is 2.45. The zero-order valence-corrected chi connectivity index (χ0v) is 10.8. The SMILES string of the molecule is Cc1c(CCO)c(Br)cc2c1OCCCO2. The summed E-state index contributed by atoms with van der Waals surface area (Å²) in [5, 5.41) is 9.04. The number of ether oxygens (including phenoxy) is 2. The molecule has 0 unspecified atom stereocenters. The second-order valence-corrected chi connectivity index (χ2v) is 4.67. The van der Waals surface area contributed by atoms with Crippen molar-refractivity contribution in [3.63, 3.8) is 0 Å². The molecule has 1 aliphatic heterocycles. The summed E-state index contributed by atoms with van der Waals surface area (Å²) >= 11 is 3.51. The lowest BCUT2D eigenvalue weighted by Crippen LogP contribution is -2.01. The summed E-state index contributed by atoms with van der Waals surface area (Å²) in [6.45, 7) is 3.52. The van der Waals surface area contributed by atoms with Crippen LogP contribution in [0, 0.1) is 6.92 Å². The van der Waals surface area contributed by atoms with Gasteiger partial charge in [0.15, 0.2) is 11.5 Å². The van der Waals surface area contributed by atoms with Gasteiger partial charge in [-0.15, -0.1) is 0 Å². The molecule has 1 heterocycles. The van der Waals surface area contributed by atoms with Gasteiger partial charge in [0.2, 0.25) is 0 Å². The Morgan fingerprint density at radius 1 is 1.38 bits per heavy atom. The maximum Gasteiger partial charge on any atom is 0.164 e. The normalized spacial score (nSPS) is 14.7. The molecule has 0 atom stereocenters. The van der Waals surface area contributed by atoms with Gasteiger partial charge < -0.3 is 14.6 Å². The summed E-state index contributed by atoms with van der Waals surface area (Å²) in [7, 11) is 0. The molecule has 1 N–H and O–H groups in total. The molecule has 0 spiro atoms. The highest BCUT2D eigenvalue weighted by molar-refractivity contribution is 9.10. The lowest BCUT2D eigenvalue weighted by Gasteiger charge is -2.15. The molecule has 1 aliphatic rings. The van der Waals surface area contributed by atoms with Gasteiger partial charge in [-0.1, -0.05) is 15.9 Å². The Labute approximate surface area is 104 Å². The summed E-state index contributed by atoms with van der Waals surface area (Å²) in [6.07, 6.45) is 1.53. The first-order chi connectivity index (χ1) is 7.74. The van der Waals surface area contributed by atoms with Crippen molar-refractivity contribution in [3.8, 4) is 11.5 Å². The lowest BCUT2D eigenvalue weighted by atomic mass is 10.0. The summed E-state index contributed by atoms with van der Waals surface area (Å²) in [5.41, 5.74) is 2.15. The zero-order valence-electron chi connectivity index (χ0n) is 9.25. The molecule has 2 rings (SSSR count). The van der Waals surface area contributed by atoms with Gasteiger partial charge in [0.05, 0.1) is 13.2 Å². The summed E-state index contributed by atoms with van der Waals surface area (Å²) < 4.78 is 12.3. The number of halogens is 1. The van der Waals surface area contributed by atoms with Gasteiger partial charge in [0.25, 0.3) is 0 Å². The Kier molecular flexibility index (Phi) is 3.71. The highest BCUT2D eigenvalue weighted by Crippen LogP contribution is 2.39. The van der Waals surface area contributed by atoms with Crippen LogP contribution in [0.2, 0.25) is 0 Å². The van der Waals surface area contributed by atoms with E-state index in [0.717, 1.165) is 33.5 Å². The zero-order chi connectivity index (χ0) is 11.5. The van der Waals surface area contributed by atoms with E-state index in [4.69, 9.17) is 14.6 Å². The first kappa shape index (κ1) is 11.7. The first-order valence-corrected chi connectivity index (χ1v) is 6.21. The van der Waals surface area contributed by atoms with E-state index >= 15 is 0 Å². The van der Waals surface area contributed by atoms with E-state index in [2.05, 4.69) is 15.9 Å². The van der Waals surface area contributed by atoms with E-state index in [0.29, 0.717) is 19.6 Å². The summed E-state index contributed by atoms with van der Waals surface area (Å²) in [4.78, 5) is 0. The monoisotopic (exact) mass is 286 g/mol. The van der Waals surface area contributed by atoms with Crippen molar-refractivity contribution in [1.29, 1.82) is 0 Å². The largest absolute Gasteiger partial charge is 0.490 e. The van der Waals surface area contributed by atoms with Crippen molar-refractivity contribution in [1.82, 2.24) is 0 Å². The molecule has 1 aromatic rings. The molecule has 0 aromatic heterocycles. The van der Waals surface area contributed by atoms with E-state index in [1.165, 1.54) is 0 Å². The van der Waals surface area contributed by atoms with Gasteiger partial charge in [0.1, 0.15) is 0 Å². The van der Waals surface area contributed by atoms with Crippen LogP contribution in [0.1, 0.15) is 17.5 Å². The van der Waals surface area contributed by atoms with Crippen LogP contribution in [0.5, 0.6) is 11.5 Å². The third kappa shape index (κ3) is 2.18. The number of aliphatic hydroxyl groups excluding tert-OH is 1. The molecule has 0 saturated carbocycles. The number of aliphatic hydroxyl groups is 1. The van der Waals surface area contributed by atoms with Crippen LogP contribution in [0.4, 0.5) is 0 Å². The van der Waals surface area contributed by atoms with Crippen molar-refractivity contribution in [2.45, 2.75) is 19.8 Å². The molecule has 0 radical (unpaired) electrons. The van der Waals surface area contributed by atoms with E-state index in [-0.39, 0.29) is 6.61 Å². The first-order valence-electron chi connectivity index (χ1n) is 5.42. The maximum absolute atomic E-state index is 9.04. The Bertz CT molecular complexity index is 390. The van der Waals surface area contributed by atoms with Crippen LogP contribution in [-0.4, -0.2) is 24.9 Å². The average Bonchev–Trinajstić information content (AvgIpc) is 2.49. The fourth-order valence-corrected chi connectivity index (χ4v) is 2.59. The molecule has 3 nitrogen and oxygen atoms in total. The van der Waals surface area contributed by atoms with Gasteiger partial charge in [-0.3, -0.25) is 0 Å². The maximum atomic E-state index is 9.04. The summed E-state index contributed by atoms with van der Waals surface area (Å²) in [5.74, 6) is 1.62. The van der Waals surface area contributed by atoms with E-state index in [1.54, 1.807) is 0 Å². The molecule has 0 aliphatic carbocycles. The molecule has 0 fully saturated rings. The fraction of sp³-hybridized carbons (Fsp3) is 0.500. The number of hydrogen-bond acceptors (Lipinski definition) is 3. The second-order valence-electron chi connectivity index (χ2n) is 3.81. The van der Waals surface area contributed by atoms with Crippen LogP contribution < -0.4 is 9.47 Å². The molecular formula is C12H15BrO3. The molecular weight excluding hydrogens is 272 g/mol. The quantitative estimate of drug-likeness (QED) is 0.908. The molecule has 0 saturated heterocycles. The molecule has 1 aromatic carbocycles. The third-order valence-electron chi connectivity index (χ3n) is 2.72. The lowest BCUT2D eigenvalue weighted by molar-refractivity contribution is 0.295. The number of benzene rings is 1. The Hall–Kier alpha value is -0.740. The van der Waals surface area contributed by atoms with Gasteiger partial charge >= 0.3 is 0 Å². The van der Waals surface area contributed by atoms with E-state index in [1.807, 2.05) is 13.0 Å². The molecule has 0 amide bonds. The predicted molar refractivity (Wildman–Crippen MR) is 65.3 cm³/mol. The number of fused-ring (bicyclic) bond motifs is 1. The molecule has 4 heteroatoms. The van der Waals surface area contributed by atoms with Gasteiger partial charge in [-0.05, 0) is 30.5 Å². The molecule has 0 bridgehead atoms. The number of hydrogen-bond donors (Lipinski definition) is 1. The van der Waals surface area contributed by atoms with Crippen LogP contribution in [0.25, 0.3) is 0 Å². The standard InChI is InChI=1S/C12H15BrO3/c1-8-9(3-4-14)10(13)7-11-12(8)16-6-2-5-15-11/h7,14H,2-6H2,1H3. The van der Waals surface area contributed by atoms with Crippen LogP contribution >= 0.6 is 15.9 Å². The Balaban J connectivity index is 2.47. The van der Waals surface area contributed by atoms with Gasteiger partial charge in [-0.25, -0.2) is 0 Å². The highest BCUT2D eigenvalue weighted by Gasteiger charge is 2.18. The van der Waals surface area contributed by atoms with Crippen molar-refractivity contribution in [3.05, 3.63) is 21.7 Å². The fourth-order valence-electron chi connectivity index (χ4n) is 1.89. The molecule has 16 heavy (non-hydrogen) atoms. The summed E-state index contributed by atoms with van der Waals surface area (Å²) in [6, 6.07) is 1.93. The van der Waals surface area contributed by atoms with Crippen molar-refractivity contribution < 1.29 is 14.6 Å². The van der Waals surface area contributed by atoms with Gasteiger partial charge in [-0.2, -0.15) is 0 Å². The number of rotatable bonds is 2. The van der Waals surface area contributed by atoms with E-state index < -0.39 is 0 Å². The second kappa shape index (κ2) is 5.06. The van der Waals surface area contributed by atoms with Crippen LogP contribution in [0.3, 0.4) is 0 Å². The van der Waals surface area contributed by atoms with Crippen molar-refractivity contribution in [2.75, 3.05) is 19.8 Å².